The summed E-state index contributed by atoms with van der Waals surface area (Å²) < 4.78 is 1.03. The van der Waals surface area contributed by atoms with E-state index in [2.05, 4.69) is 33.9 Å². The number of carbonyl (C=O) groups is 1. The molecule has 0 bridgehead atoms. The molecule has 0 atom stereocenters. The van der Waals surface area contributed by atoms with Gasteiger partial charge in [-0.3, -0.25) is 4.79 Å². The first-order valence-electron chi connectivity index (χ1n) is 7.33. The van der Waals surface area contributed by atoms with Gasteiger partial charge in [0.05, 0.1) is 9.58 Å². The molecule has 5 nitrogen and oxygen atoms in total. The van der Waals surface area contributed by atoms with Gasteiger partial charge in [-0.2, -0.15) is 0 Å². The van der Waals surface area contributed by atoms with E-state index in [1.165, 1.54) is 16.9 Å². The van der Waals surface area contributed by atoms with Crippen molar-refractivity contribution in [3.05, 3.63) is 40.8 Å². The van der Waals surface area contributed by atoms with Crippen LogP contribution in [0.25, 0.3) is 9.53 Å². The van der Waals surface area contributed by atoms with E-state index in [-0.39, 0.29) is 30.7 Å². The normalized spacial score (nSPS) is 10.0. The molecule has 136 valence electrons. The number of carbonyl (C=O) groups excluding carboxylic acids is 1. The van der Waals surface area contributed by atoms with Crippen LogP contribution < -0.4 is 16.0 Å². The zero-order chi connectivity index (χ0) is 16.2. The largest absolute Gasteiger partial charge is 0.350 e. The maximum atomic E-state index is 12.0. The molecule has 0 radical (unpaired) electrons. The van der Waals surface area contributed by atoms with Gasteiger partial charge in [0.25, 0.3) is 5.91 Å². The topological polar surface area (TPSA) is 66.0 Å². The number of aryl methyl sites for hydroxylation is 1. The number of thiazole rings is 1. The number of fused-ring (bicyclic) bond motifs is 1. The summed E-state index contributed by atoms with van der Waals surface area (Å²) in [5.41, 5.74) is 2.23. The predicted octanol–water partition coefficient (Wildman–Crippen LogP) is 4.20. The molecule has 0 aliphatic heterocycles. The lowest BCUT2D eigenvalue weighted by Crippen LogP contribution is -2.29. The SMILES string of the molecule is CNCCNC(=O)c1cc2sc(Nc3ccccc3C)nc2s1.Cl.Cl. The number of rotatable bonds is 6. The zero-order valence-corrected chi connectivity index (χ0v) is 17.1. The van der Waals surface area contributed by atoms with E-state index in [1.807, 2.05) is 31.3 Å². The molecule has 2 heterocycles. The summed E-state index contributed by atoms with van der Waals surface area (Å²) in [6.45, 7) is 3.44. The molecule has 3 N–H and O–H groups in total. The molecular weight excluding hydrogens is 399 g/mol. The minimum atomic E-state index is -0.0381. The van der Waals surface area contributed by atoms with Gasteiger partial charge in [0.2, 0.25) is 0 Å². The molecule has 9 heteroatoms. The first kappa shape index (κ1) is 21.7. The Balaban J connectivity index is 0.00000156. The number of amides is 1. The Kier molecular flexibility index (Phi) is 8.61. The fourth-order valence-corrected chi connectivity index (χ4v) is 4.16. The van der Waals surface area contributed by atoms with Gasteiger partial charge in [-0.1, -0.05) is 29.5 Å². The van der Waals surface area contributed by atoms with Gasteiger partial charge in [-0.25, -0.2) is 4.98 Å². The number of thiophene rings is 1. The van der Waals surface area contributed by atoms with Crippen molar-refractivity contribution < 1.29 is 4.79 Å². The van der Waals surface area contributed by atoms with Gasteiger partial charge in [0.1, 0.15) is 4.83 Å². The van der Waals surface area contributed by atoms with Gasteiger partial charge in [-0.15, -0.1) is 36.2 Å². The minimum absolute atomic E-state index is 0. The molecule has 1 aromatic carbocycles. The third kappa shape index (κ3) is 5.29. The third-order valence-electron chi connectivity index (χ3n) is 3.36. The van der Waals surface area contributed by atoms with Crippen LogP contribution in [0.1, 0.15) is 15.2 Å². The molecular formula is C16H20Cl2N4OS2. The van der Waals surface area contributed by atoms with Gasteiger partial charge in [0, 0.05) is 18.8 Å². The lowest BCUT2D eigenvalue weighted by Gasteiger charge is -2.05. The lowest BCUT2D eigenvalue weighted by molar-refractivity contribution is 0.0958. The molecule has 0 unspecified atom stereocenters. The highest BCUT2D eigenvalue weighted by Gasteiger charge is 2.14. The smallest absolute Gasteiger partial charge is 0.261 e. The van der Waals surface area contributed by atoms with Crippen LogP contribution in [0.15, 0.2) is 30.3 Å². The van der Waals surface area contributed by atoms with Crippen LogP contribution in [0.3, 0.4) is 0 Å². The number of likely N-dealkylation sites (N-methyl/N-ethyl adjacent to an activating group) is 1. The molecule has 3 aromatic rings. The van der Waals surface area contributed by atoms with E-state index in [0.717, 1.165) is 26.9 Å². The highest BCUT2D eigenvalue weighted by molar-refractivity contribution is 7.29. The van der Waals surface area contributed by atoms with Crippen LogP contribution >= 0.6 is 47.5 Å². The number of aromatic nitrogens is 1. The van der Waals surface area contributed by atoms with Crippen LogP contribution in [0.4, 0.5) is 10.8 Å². The Morgan fingerprint density at radius 2 is 1.92 bits per heavy atom. The maximum Gasteiger partial charge on any atom is 0.261 e. The minimum Gasteiger partial charge on any atom is -0.350 e. The Hall–Kier alpha value is -1.38. The van der Waals surface area contributed by atoms with Crippen molar-refractivity contribution >= 4 is 73.7 Å². The molecule has 0 aliphatic rings. The van der Waals surface area contributed by atoms with E-state index in [9.17, 15) is 4.79 Å². The van der Waals surface area contributed by atoms with Crippen molar-refractivity contribution in [1.29, 1.82) is 0 Å². The van der Waals surface area contributed by atoms with Crippen molar-refractivity contribution in [3.63, 3.8) is 0 Å². The fraction of sp³-hybridized carbons (Fsp3) is 0.250. The number of benzene rings is 1. The van der Waals surface area contributed by atoms with Gasteiger partial charge >= 0.3 is 0 Å². The molecule has 25 heavy (non-hydrogen) atoms. The molecule has 0 fully saturated rings. The lowest BCUT2D eigenvalue weighted by atomic mass is 10.2. The van der Waals surface area contributed by atoms with Crippen LogP contribution in [0, 0.1) is 6.92 Å². The van der Waals surface area contributed by atoms with Crippen LogP contribution in [-0.4, -0.2) is 31.0 Å². The van der Waals surface area contributed by atoms with E-state index >= 15 is 0 Å². The number of nitrogens with zero attached hydrogens (tertiary/aromatic N) is 1. The van der Waals surface area contributed by atoms with Crippen LogP contribution in [-0.2, 0) is 0 Å². The summed E-state index contributed by atoms with van der Waals surface area (Å²) in [4.78, 5) is 18.2. The first-order valence-corrected chi connectivity index (χ1v) is 8.96. The molecule has 0 saturated heterocycles. The van der Waals surface area contributed by atoms with Gasteiger partial charge in [-0.05, 0) is 31.7 Å². The Labute approximate surface area is 167 Å². The Bertz CT molecular complexity index is 803. The van der Waals surface area contributed by atoms with Gasteiger partial charge in [0.15, 0.2) is 5.13 Å². The van der Waals surface area contributed by atoms with Gasteiger partial charge < -0.3 is 16.0 Å². The van der Waals surface area contributed by atoms with Crippen LogP contribution in [0.2, 0.25) is 0 Å². The van der Waals surface area contributed by atoms with E-state index < -0.39 is 0 Å². The van der Waals surface area contributed by atoms with Crippen molar-refractivity contribution in [3.8, 4) is 0 Å². The van der Waals surface area contributed by atoms with Crippen molar-refractivity contribution in [2.45, 2.75) is 6.92 Å². The van der Waals surface area contributed by atoms with Crippen molar-refractivity contribution in [2.75, 3.05) is 25.5 Å². The predicted molar refractivity (Wildman–Crippen MR) is 113 cm³/mol. The summed E-state index contributed by atoms with van der Waals surface area (Å²) in [6.07, 6.45) is 0. The average molecular weight is 419 g/mol. The Morgan fingerprint density at radius 3 is 2.60 bits per heavy atom. The highest BCUT2D eigenvalue weighted by atomic mass is 35.5. The second-order valence-electron chi connectivity index (χ2n) is 5.10. The standard InChI is InChI=1S/C16H18N4OS2.2ClH/c1-10-5-3-4-6-11(10)19-16-20-15-13(23-16)9-12(22-15)14(21)18-8-7-17-2;;/h3-6,9,17H,7-8H2,1-2H3,(H,18,21)(H,19,20);2*1H. The number of anilines is 2. The summed E-state index contributed by atoms with van der Waals surface area (Å²) in [5.74, 6) is -0.0381. The second-order valence-corrected chi connectivity index (χ2v) is 7.16. The molecule has 3 rings (SSSR count). The number of para-hydroxylation sites is 1. The fourth-order valence-electron chi connectivity index (χ4n) is 2.12. The summed E-state index contributed by atoms with van der Waals surface area (Å²) in [6, 6.07) is 10.0. The maximum absolute atomic E-state index is 12.0. The first-order chi connectivity index (χ1) is 11.2. The summed E-state index contributed by atoms with van der Waals surface area (Å²) >= 11 is 2.99. The Morgan fingerprint density at radius 1 is 1.16 bits per heavy atom. The summed E-state index contributed by atoms with van der Waals surface area (Å²) in [7, 11) is 1.86. The molecule has 0 saturated carbocycles. The quantitative estimate of drug-likeness (QED) is 0.524. The molecule has 2 aromatic heterocycles. The monoisotopic (exact) mass is 418 g/mol. The molecule has 1 amide bonds. The third-order valence-corrected chi connectivity index (χ3v) is 5.44. The number of nitrogens with one attached hydrogen (secondary N) is 3. The zero-order valence-electron chi connectivity index (χ0n) is 13.8. The second kappa shape index (κ2) is 9.94. The van der Waals surface area contributed by atoms with Crippen LogP contribution in [0.5, 0.6) is 0 Å². The van der Waals surface area contributed by atoms with Crippen molar-refractivity contribution in [1.82, 2.24) is 15.6 Å². The highest BCUT2D eigenvalue weighted by Crippen LogP contribution is 2.34. The molecule has 0 aliphatic carbocycles. The average Bonchev–Trinajstić information content (AvgIpc) is 3.08. The molecule has 0 spiro atoms. The number of hydrogen-bond donors (Lipinski definition) is 3. The van der Waals surface area contributed by atoms with E-state index in [0.29, 0.717) is 11.4 Å². The van der Waals surface area contributed by atoms with E-state index in [1.54, 1.807) is 11.3 Å². The van der Waals surface area contributed by atoms with E-state index in [4.69, 9.17) is 0 Å². The van der Waals surface area contributed by atoms with Crippen molar-refractivity contribution in [2.24, 2.45) is 0 Å². The number of hydrogen-bond acceptors (Lipinski definition) is 6. The number of halogens is 2. The summed E-state index contributed by atoms with van der Waals surface area (Å²) in [5, 5.41) is 10.1.